The highest BCUT2D eigenvalue weighted by atomic mass is 32.2. The third-order valence-corrected chi connectivity index (χ3v) is 6.40. The summed E-state index contributed by atoms with van der Waals surface area (Å²) >= 11 is 0. The largest absolute Gasteiger partial charge is 0.339 e. The van der Waals surface area contributed by atoms with Gasteiger partial charge in [0.1, 0.15) is 0 Å². The molecule has 0 spiro atoms. The van der Waals surface area contributed by atoms with Gasteiger partial charge in [0, 0.05) is 31.7 Å². The molecule has 6 heteroatoms. The van der Waals surface area contributed by atoms with E-state index in [1.807, 2.05) is 18.7 Å². The minimum atomic E-state index is -3.47. The van der Waals surface area contributed by atoms with Crippen molar-refractivity contribution in [1.29, 1.82) is 0 Å². The molecule has 0 bridgehead atoms. The van der Waals surface area contributed by atoms with Crippen molar-refractivity contribution in [2.75, 3.05) is 26.2 Å². The monoisotopic (exact) mass is 338 g/mol. The van der Waals surface area contributed by atoms with E-state index < -0.39 is 10.0 Å². The minimum Gasteiger partial charge on any atom is -0.339 e. The van der Waals surface area contributed by atoms with Gasteiger partial charge in [-0.3, -0.25) is 4.79 Å². The molecule has 5 nitrogen and oxygen atoms in total. The SMILES string of the molecule is CCN(CC)S(=O)(=O)c1ccc(C(=O)N2CCCCCC2)cc1. The molecule has 0 saturated carbocycles. The highest BCUT2D eigenvalue weighted by molar-refractivity contribution is 7.89. The quantitative estimate of drug-likeness (QED) is 0.829. The lowest BCUT2D eigenvalue weighted by Gasteiger charge is -2.21. The van der Waals surface area contributed by atoms with Crippen LogP contribution in [0, 0.1) is 0 Å². The van der Waals surface area contributed by atoms with Gasteiger partial charge in [-0.25, -0.2) is 8.42 Å². The fraction of sp³-hybridized carbons (Fsp3) is 0.588. The Morgan fingerprint density at radius 3 is 2.00 bits per heavy atom. The first kappa shape index (κ1) is 17.9. The Morgan fingerprint density at radius 1 is 1.00 bits per heavy atom. The highest BCUT2D eigenvalue weighted by Crippen LogP contribution is 2.18. The number of rotatable bonds is 5. The normalized spacial score (nSPS) is 16.4. The van der Waals surface area contributed by atoms with Crippen molar-refractivity contribution in [3.05, 3.63) is 29.8 Å². The van der Waals surface area contributed by atoms with Crippen LogP contribution in [0.2, 0.25) is 0 Å². The average Bonchev–Trinajstić information content (AvgIpc) is 2.84. The smallest absolute Gasteiger partial charge is 0.253 e. The molecule has 0 radical (unpaired) electrons. The van der Waals surface area contributed by atoms with Crippen LogP contribution in [0.4, 0.5) is 0 Å². The van der Waals surface area contributed by atoms with Gasteiger partial charge in [0.25, 0.3) is 5.91 Å². The second kappa shape index (κ2) is 7.93. The summed E-state index contributed by atoms with van der Waals surface area (Å²) in [5.41, 5.74) is 0.561. The summed E-state index contributed by atoms with van der Waals surface area (Å²) in [6.07, 6.45) is 4.43. The van der Waals surface area contributed by atoms with Crippen molar-refractivity contribution in [3.63, 3.8) is 0 Å². The van der Waals surface area contributed by atoms with E-state index in [-0.39, 0.29) is 10.8 Å². The van der Waals surface area contributed by atoms with E-state index in [1.54, 1.807) is 24.3 Å². The molecule has 0 unspecified atom stereocenters. The molecule has 1 fully saturated rings. The third kappa shape index (κ3) is 4.12. The van der Waals surface area contributed by atoms with Gasteiger partial charge < -0.3 is 4.90 Å². The van der Waals surface area contributed by atoms with E-state index in [0.29, 0.717) is 18.7 Å². The Labute approximate surface area is 139 Å². The molecular weight excluding hydrogens is 312 g/mol. The summed E-state index contributed by atoms with van der Waals surface area (Å²) < 4.78 is 26.3. The molecule has 1 aromatic rings. The van der Waals surface area contributed by atoms with Crippen molar-refractivity contribution >= 4 is 15.9 Å². The zero-order chi connectivity index (χ0) is 16.9. The van der Waals surface area contributed by atoms with Crippen LogP contribution in [0.5, 0.6) is 0 Å². The number of hydrogen-bond donors (Lipinski definition) is 0. The van der Waals surface area contributed by atoms with E-state index in [9.17, 15) is 13.2 Å². The van der Waals surface area contributed by atoms with Crippen LogP contribution in [-0.4, -0.2) is 49.7 Å². The van der Waals surface area contributed by atoms with E-state index in [4.69, 9.17) is 0 Å². The minimum absolute atomic E-state index is 0.00122. The number of benzene rings is 1. The van der Waals surface area contributed by atoms with E-state index in [2.05, 4.69) is 0 Å². The number of carbonyl (C=O) groups excluding carboxylic acids is 1. The van der Waals surface area contributed by atoms with Gasteiger partial charge in [-0.15, -0.1) is 0 Å². The van der Waals surface area contributed by atoms with Crippen LogP contribution < -0.4 is 0 Å². The fourth-order valence-corrected chi connectivity index (χ4v) is 4.40. The van der Waals surface area contributed by atoms with Crippen LogP contribution in [0.1, 0.15) is 49.9 Å². The van der Waals surface area contributed by atoms with E-state index in [0.717, 1.165) is 25.9 Å². The molecule has 0 aliphatic carbocycles. The van der Waals surface area contributed by atoms with Crippen LogP contribution in [0.3, 0.4) is 0 Å². The maximum atomic E-state index is 12.5. The summed E-state index contributed by atoms with van der Waals surface area (Å²) in [7, 11) is -3.47. The van der Waals surface area contributed by atoms with Gasteiger partial charge >= 0.3 is 0 Å². The lowest BCUT2D eigenvalue weighted by atomic mass is 10.2. The number of nitrogens with zero attached hydrogens (tertiary/aromatic N) is 2. The summed E-state index contributed by atoms with van der Waals surface area (Å²) in [6.45, 7) is 6.09. The first-order valence-electron chi connectivity index (χ1n) is 8.40. The number of amides is 1. The van der Waals surface area contributed by atoms with Gasteiger partial charge in [-0.1, -0.05) is 26.7 Å². The fourth-order valence-electron chi connectivity index (χ4n) is 2.94. The molecule has 1 aliphatic rings. The van der Waals surface area contributed by atoms with Crippen molar-refractivity contribution in [2.45, 2.75) is 44.4 Å². The Hall–Kier alpha value is -1.40. The van der Waals surface area contributed by atoms with Crippen molar-refractivity contribution < 1.29 is 13.2 Å². The second-order valence-corrected chi connectivity index (χ2v) is 7.76. The lowest BCUT2D eigenvalue weighted by Crippen LogP contribution is -2.32. The molecule has 1 amide bonds. The molecule has 0 aromatic heterocycles. The van der Waals surface area contributed by atoms with E-state index in [1.165, 1.54) is 17.1 Å². The highest BCUT2D eigenvalue weighted by Gasteiger charge is 2.22. The van der Waals surface area contributed by atoms with Gasteiger partial charge in [-0.05, 0) is 37.1 Å². The van der Waals surface area contributed by atoms with Crippen LogP contribution in [0.15, 0.2) is 29.2 Å². The zero-order valence-corrected chi connectivity index (χ0v) is 14.8. The van der Waals surface area contributed by atoms with E-state index >= 15 is 0 Å². The third-order valence-electron chi connectivity index (χ3n) is 4.34. The maximum Gasteiger partial charge on any atom is 0.253 e. The molecule has 1 saturated heterocycles. The first-order valence-corrected chi connectivity index (χ1v) is 9.84. The molecule has 0 N–H and O–H groups in total. The van der Waals surface area contributed by atoms with Crippen molar-refractivity contribution in [3.8, 4) is 0 Å². The standard InChI is InChI=1S/C17H26N2O3S/c1-3-19(4-2)23(21,22)16-11-9-15(10-12-16)17(20)18-13-7-5-6-8-14-18/h9-12H,3-8,13-14H2,1-2H3. The van der Waals surface area contributed by atoms with Gasteiger partial charge in [0.05, 0.1) is 4.90 Å². The average molecular weight is 338 g/mol. The first-order chi connectivity index (χ1) is 11.0. The summed E-state index contributed by atoms with van der Waals surface area (Å²) in [4.78, 5) is 14.6. The zero-order valence-electron chi connectivity index (χ0n) is 14.0. The van der Waals surface area contributed by atoms with Crippen LogP contribution >= 0.6 is 0 Å². The van der Waals surface area contributed by atoms with Crippen molar-refractivity contribution in [1.82, 2.24) is 9.21 Å². The Bertz CT molecular complexity index is 614. The number of carbonyl (C=O) groups is 1. The molecular formula is C17H26N2O3S. The lowest BCUT2D eigenvalue weighted by molar-refractivity contribution is 0.0761. The molecule has 1 aromatic carbocycles. The second-order valence-electron chi connectivity index (χ2n) is 5.82. The molecule has 1 heterocycles. The molecule has 2 rings (SSSR count). The summed E-state index contributed by atoms with van der Waals surface area (Å²) in [5, 5.41) is 0. The maximum absolute atomic E-state index is 12.5. The predicted molar refractivity (Wildman–Crippen MR) is 90.9 cm³/mol. The van der Waals surface area contributed by atoms with Crippen LogP contribution in [0.25, 0.3) is 0 Å². The topological polar surface area (TPSA) is 57.7 Å². The van der Waals surface area contributed by atoms with Crippen LogP contribution in [-0.2, 0) is 10.0 Å². The Kier molecular flexibility index (Phi) is 6.18. The summed E-state index contributed by atoms with van der Waals surface area (Å²) in [5.74, 6) is -0.00122. The summed E-state index contributed by atoms with van der Waals surface area (Å²) in [6, 6.07) is 6.34. The number of sulfonamides is 1. The molecule has 0 atom stereocenters. The van der Waals surface area contributed by atoms with Gasteiger partial charge in [-0.2, -0.15) is 4.31 Å². The van der Waals surface area contributed by atoms with Crippen molar-refractivity contribution in [2.24, 2.45) is 0 Å². The van der Waals surface area contributed by atoms with Gasteiger partial charge in [0.2, 0.25) is 10.0 Å². The Morgan fingerprint density at radius 2 is 1.52 bits per heavy atom. The number of likely N-dealkylation sites (tertiary alicyclic amines) is 1. The molecule has 1 aliphatic heterocycles. The van der Waals surface area contributed by atoms with Gasteiger partial charge in [0.15, 0.2) is 0 Å². The number of hydrogen-bond acceptors (Lipinski definition) is 3. The molecule has 128 valence electrons. The Balaban J connectivity index is 2.17. The molecule has 23 heavy (non-hydrogen) atoms. The predicted octanol–water partition coefficient (Wildman–Crippen LogP) is 2.73.